The van der Waals surface area contributed by atoms with Crippen molar-refractivity contribution in [2.24, 2.45) is 0 Å². The largest absolute Gasteiger partial charge is 0.416 e. The number of rotatable bonds is 5. The molecule has 1 atom stereocenters. The molecular weight excluding hydrogens is 415 g/mol. The maximum Gasteiger partial charge on any atom is 0.416 e. The van der Waals surface area contributed by atoms with Crippen molar-refractivity contribution >= 4 is 11.6 Å². The van der Waals surface area contributed by atoms with Gasteiger partial charge in [-0.1, -0.05) is 36.4 Å². The van der Waals surface area contributed by atoms with Crippen LogP contribution in [-0.4, -0.2) is 61.0 Å². The van der Waals surface area contributed by atoms with Gasteiger partial charge in [-0.05, 0) is 43.0 Å². The van der Waals surface area contributed by atoms with Crippen LogP contribution in [0.25, 0.3) is 0 Å². The van der Waals surface area contributed by atoms with Crippen molar-refractivity contribution in [3.05, 3.63) is 65.7 Å². The molecule has 7 heteroatoms. The highest BCUT2D eigenvalue weighted by atomic mass is 19.4. The highest BCUT2D eigenvalue weighted by Crippen LogP contribution is 2.32. The summed E-state index contributed by atoms with van der Waals surface area (Å²) in [6.45, 7) is 4.55. The topological polar surface area (TPSA) is 26.8 Å². The first-order valence-corrected chi connectivity index (χ1v) is 11.4. The zero-order chi connectivity index (χ0) is 22.6. The lowest BCUT2D eigenvalue weighted by Crippen LogP contribution is -2.55. The third kappa shape index (κ3) is 5.63. The molecule has 0 N–H and O–H groups in total. The van der Waals surface area contributed by atoms with Crippen LogP contribution >= 0.6 is 0 Å². The first-order valence-electron chi connectivity index (χ1n) is 11.4. The van der Waals surface area contributed by atoms with Gasteiger partial charge < -0.3 is 9.80 Å². The summed E-state index contributed by atoms with van der Waals surface area (Å²) in [5.74, 6) is 0.209. The molecule has 2 fully saturated rings. The Bertz CT molecular complexity index is 895. The van der Waals surface area contributed by atoms with Crippen molar-refractivity contribution in [2.75, 3.05) is 44.2 Å². The fourth-order valence-electron chi connectivity index (χ4n) is 4.76. The van der Waals surface area contributed by atoms with Crippen molar-refractivity contribution in [3.63, 3.8) is 0 Å². The third-order valence-electron chi connectivity index (χ3n) is 6.59. The number of nitrogens with zero attached hydrogens (tertiary/aromatic N) is 3. The molecule has 0 aromatic heterocycles. The van der Waals surface area contributed by atoms with Crippen LogP contribution in [0.4, 0.5) is 18.9 Å². The minimum absolute atomic E-state index is 0.209. The molecule has 1 unspecified atom stereocenters. The van der Waals surface area contributed by atoms with Gasteiger partial charge in [0.1, 0.15) is 0 Å². The van der Waals surface area contributed by atoms with Crippen LogP contribution in [0.2, 0.25) is 0 Å². The van der Waals surface area contributed by atoms with Crippen molar-refractivity contribution < 1.29 is 18.0 Å². The summed E-state index contributed by atoms with van der Waals surface area (Å²) < 4.78 is 39.1. The van der Waals surface area contributed by atoms with Gasteiger partial charge in [-0.25, -0.2) is 0 Å². The molecule has 0 aliphatic carbocycles. The van der Waals surface area contributed by atoms with Crippen LogP contribution in [0.5, 0.6) is 0 Å². The van der Waals surface area contributed by atoms with Gasteiger partial charge in [0, 0.05) is 57.4 Å². The van der Waals surface area contributed by atoms with Gasteiger partial charge in [-0.2, -0.15) is 13.2 Å². The van der Waals surface area contributed by atoms with Gasteiger partial charge in [-0.15, -0.1) is 0 Å². The fourth-order valence-corrected chi connectivity index (χ4v) is 4.76. The number of piperazine rings is 1. The number of alkyl halides is 3. The highest BCUT2D eigenvalue weighted by molar-refractivity contribution is 5.76. The smallest absolute Gasteiger partial charge is 0.369 e. The number of carbonyl (C=O) groups is 1. The van der Waals surface area contributed by atoms with Crippen LogP contribution < -0.4 is 4.90 Å². The van der Waals surface area contributed by atoms with Crippen molar-refractivity contribution in [1.82, 2.24) is 9.80 Å². The van der Waals surface area contributed by atoms with E-state index in [1.54, 1.807) is 6.07 Å². The Hall–Kier alpha value is -2.54. The Morgan fingerprint density at radius 1 is 0.938 bits per heavy atom. The normalized spacial score (nSPS) is 20.4. The number of benzene rings is 2. The van der Waals surface area contributed by atoms with Crippen LogP contribution in [0.1, 0.15) is 30.4 Å². The van der Waals surface area contributed by atoms with Crippen molar-refractivity contribution in [1.29, 1.82) is 0 Å². The molecule has 2 heterocycles. The molecular formula is C25H30F3N3O. The molecule has 4 nitrogen and oxygen atoms in total. The number of aryl methyl sites for hydroxylation is 1. The monoisotopic (exact) mass is 445 g/mol. The lowest BCUT2D eigenvalue weighted by atomic mass is 10.0. The summed E-state index contributed by atoms with van der Waals surface area (Å²) in [7, 11) is 0. The maximum atomic E-state index is 13.0. The highest BCUT2D eigenvalue weighted by Gasteiger charge is 2.32. The summed E-state index contributed by atoms with van der Waals surface area (Å²) in [6.07, 6.45) is -0.978. The zero-order valence-corrected chi connectivity index (χ0v) is 18.2. The molecule has 2 aromatic rings. The number of piperidine rings is 1. The standard InChI is InChI=1S/C25H30F3N3O/c26-25(27,28)21-8-4-9-22(18-21)29-14-16-30(17-15-29)23-10-5-13-31(19-23)24(32)12-11-20-6-2-1-3-7-20/h1-4,6-9,18,23H,5,10-17,19H2. The van der Waals surface area contributed by atoms with Gasteiger partial charge in [0.2, 0.25) is 5.91 Å². The lowest BCUT2D eigenvalue weighted by Gasteiger charge is -2.44. The molecule has 32 heavy (non-hydrogen) atoms. The van der Waals surface area contributed by atoms with E-state index in [1.807, 2.05) is 28.0 Å². The molecule has 1 amide bonds. The van der Waals surface area contributed by atoms with Gasteiger partial charge in [0.05, 0.1) is 5.56 Å². The second-order valence-corrected chi connectivity index (χ2v) is 8.69. The summed E-state index contributed by atoms with van der Waals surface area (Å²) in [5.41, 5.74) is 1.20. The summed E-state index contributed by atoms with van der Waals surface area (Å²) in [6, 6.07) is 16.0. The minimum atomic E-state index is -4.32. The van der Waals surface area contributed by atoms with E-state index < -0.39 is 11.7 Å². The van der Waals surface area contributed by atoms with Crippen molar-refractivity contribution in [2.45, 2.75) is 37.9 Å². The lowest BCUT2D eigenvalue weighted by molar-refractivity contribution is -0.137. The SMILES string of the molecule is O=C(CCc1ccccc1)N1CCCC(N2CCN(c3cccc(C(F)(F)F)c3)CC2)C1. The Morgan fingerprint density at radius 3 is 2.41 bits per heavy atom. The average Bonchev–Trinajstić information content (AvgIpc) is 2.83. The molecule has 172 valence electrons. The zero-order valence-electron chi connectivity index (χ0n) is 18.2. The molecule has 0 saturated carbocycles. The van der Waals surface area contributed by atoms with Crippen molar-refractivity contribution in [3.8, 4) is 0 Å². The van der Waals surface area contributed by atoms with Crippen LogP contribution in [0.3, 0.4) is 0 Å². The number of hydrogen-bond acceptors (Lipinski definition) is 3. The Labute approximate surface area is 187 Å². The van der Waals surface area contributed by atoms with Gasteiger partial charge >= 0.3 is 6.18 Å². The number of likely N-dealkylation sites (tertiary alicyclic amines) is 1. The number of hydrogen-bond donors (Lipinski definition) is 0. The van der Waals surface area contributed by atoms with Gasteiger partial charge in [-0.3, -0.25) is 9.69 Å². The van der Waals surface area contributed by atoms with Crippen LogP contribution in [0.15, 0.2) is 54.6 Å². The van der Waals surface area contributed by atoms with E-state index in [-0.39, 0.29) is 5.91 Å². The van der Waals surface area contributed by atoms with Crippen LogP contribution in [-0.2, 0) is 17.4 Å². The van der Waals surface area contributed by atoms with E-state index in [1.165, 1.54) is 17.7 Å². The minimum Gasteiger partial charge on any atom is -0.369 e. The van der Waals surface area contributed by atoms with E-state index in [0.29, 0.717) is 31.2 Å². The predicted octanol–water partition coefficient (Wildman–Crippen LogP) is 4.45. The van der Waals surface area contributed by atoms with E-state index >= 15 is 0 Å². The Kier molecular flexibility index (Phi) is 7.04. The van der Waals surface area contributed by atoms with Crippen LogP contribution in [0, 0.1) is 0 Å². The average molecular weight is 446 g/mol. The first kappa shape index (κ1) is 22.6. The number of amides is 1. The van der Waals surface area contributed by atoms with E-state index in [9.17, 15) is 18.0 Å². The second-order valence-electron chi connectivity index (χ2n) is 8.69. The van der Waals surface area contributed by atoms with Gasteiger partial charge in [0.15, 0.2) is 0 Å². The summed E-state index contributed by atoms with van der Waals surface area (Å²) in [4.78, 5) is 19.2. The predicted molar refractivity (Wildman–Crippen MR) is 120 cm³/mol. The fraction of sp³-hybridized carbons (Fsp3) is 0.480. The number of anilines is 1. The summed E-state index contributed by atoms with van der Waals surface area (Å²) >= 11 is 0. The quantitative estimate of drug-likeness (QED) is 0.680. The molecule has 2 aliphatic rings. The summed E-state index contributed by atoms with van der Waals surface area (Å²) in [5, 5.41) is 0. The molecule has 2 aromatic carbocycles. The number of halogens is 3. The Morgan fingerprint density at radius 2 is 1.69 bits per heavy atom. The molecule has 0 bridgehead atoms. The van der Waals surface area contributed by atoms with E-state index in [2.05, 4.69) is 17.0 Å². The molecule has 2 saturated heterocycles. The van der Waals surface area contributed by atoms with Gasteiger partial charge in [0.25, 0.3) is 0 Å². The number of carbonyl (C=O) groups excluding carboxylic acids is 1. The maximum absolute atomic E-state index is 13.0. The van der Waals surface area contributed by atoms with E-state index in [0.717, 1.165) is 51.5 Å². The Balaban J connectivity index is 1.28. The molecule has 0 radical (unpaired) electrons. The molecule has 4 rings (SSSR count). The third-order valence-corrected chi connectivity index (χ3v) is 6.59. The van der Waals surface area contributed by atoms with E-state index in [4.69, 9.17) is 0 Å². The second kappa shape index (κ2) is 9.94. The molecule has 0 spiro atoms. The molecule has 2 aliphatic heterocycles. The first-order chi connectivity index (χ1) is 15.4.